The maximum Gasteiger partial charge on any atom is 0.380 e. The van der Waals surface area contributed by atoms with Crippen molar-refractivity contribution in [1.82, 2.24) is 4.90 Å². The molecule has 0 radical (unpaired) electrons. The summed E-state index contributed by atoms with van der Waals surface area (Å²) in [5, 5.41) is 0. The molecule has 6 rings (SSSR count). The molecular formula is C33H43IN4O9+2. The van der Waals surface area contributed by atoms with Crippen molar-refractivity contribution in [1.29, 1.82) is 0 Å². The minimum atomic E-state index is -0.792. The lowest BCUT2D eigenvalue weighted by Gasteiger charge is -2.55. The third kappa shape index (κ3) is 6.97. The van der Waals surface area contributed by atoms with E-state index < -0.39 is 29.8 Å². The van der Waals surface area contributed by atoms with Gasteiger partial charge < -0.3 is 28.2 Å². The molecule has 4 saturated heterocycles. The molecule has 14 heteroatoms. The van der Waals surface area contributed by atoms with Gasteiger partial charge in [-0.15, -0.1) is 6.58 Å². The molecule has 0 saturated carbocycles. The Morgan fingerprint density at radius 1 is 1.09 bits per heavy atom. The van der Waals surface area contributed by atoms with Gasteiger partial charge >= 0.3 is 17.9 Å². The number of nitrogens with zero attached hydrogens (tertiary/aromatic N) is 3. The van der Waals surface area contributed by atoms with E-state index in [-0.39, 0.29) is 43.3 Å². The van der Waals surface area contributed by atoms with Crippen molar-refractivity contribution in [2.45, 2.75) is 26.4 Å². The van der Waals surface area contributed by atoms with Gasteiger partial charge in [0.25, 0.3) is 0 Å². The molecule has 254 valence electrons. The zero-order valence-electron chi connectivity index (χ0n) is 26.9. The molecule has 1 aromatic carbocycles. The Bertz CT molecular complexity index is 1460. The lowest BCUT2D eigenvalue weighted by molar-refractivity contribution is -1.08. The SMILES string of the molecule is C=CCOOC(=O)C(C)C1C(=O)N2C(C(=O)OCC=C)=C(COc3ccc(C[N+]45CC[N+](CC(=O)ON)(CC4)CC5)cc3I)[C@H](C)C12. The summed E-state index contributed by atoms with van der Waals surface area (Å²) in [7, 11) is 0. The zero-order valence-corrected chi connectivity index (χ0v) is 29.0. The number of fused-ring (bicyclic) bond motifs is 4. The number of ether oxygens (including phenoxy) is 2. The maximum atomic E-state index is 13.4. The molecule has 13 nitrogen and oxygen atoms in total. The molecule has 1 amide bonds. The Balaban J connectivity index is 1.27. The van der Waals surface area contributed by atoms with Gasteiger partial charge in [0.2, 0.25) is 5.91 Å². The van der Waals surface area contributed by atoms with Gasteiger partial charge in [-0.3, -0.25) is 9.68 Å². The van der Waals surface area contributed by atoms with E-state index in [1.165, 1.54) is 22.6 Å². The number of rotatable bonds is 15. The number of esters is 1. The summed E-state index contributed by atoms with van der Waals surface area (Å²) in [6, 6.07) is 5.71. The van der Waals surface area contributed by atoms with Crippen molar-refractivity contribution in [2.75, 3.05) is 65.6 Å². The maximum absolute atomic E-state index is 13.4. The number of halogens is 1. The normalized spacial score (nSPS) is 28.2. The molecule has 1 aromatic rings. The van der Waals surface area contributed by atoms with Gasteiger partial charge in [-0.1, -0.05) is 32.6 Å². The fraction of sp³-hybridized carbons (Fsp3) is 0.515. The van der Waals surface area contributed by atoms with Crippen LogP contribution in [0, 0.1) is 21.3 Å². The first kappa shape index (κ1) is 35.0. The van der Waals surface area contributed by atoms with E-state index in [9.17, 15) is 19.2 Å². The number of hydrogen-bond acceptors (Lipinski definition) is 10. The summed E-state index contributed by atoms with van der Waals surface area (Å²) in [6.07, 6.45) is 2.90. The predicted molar refractivity (Wildman–Crippen MR) is 176 cm³/mol. The highest BCUT2D eigenvalue weighted by Gasteiger charge is 2.61. The molecule has 4 fully saturated rings. The number of piperazine rings is 3. The number of carbonyl (C=O) groups is 4. The highest BCUT2D eigenvalue weighted by atomic mass is 127. The Morgan fingerprint density at radius 2 is 1.74 bits per heavy atom. The lowest BCUT2D eigenvalue weighted by atomic mass is 9.74. The van der Waals surface area contributed by atoms with Crippen LogP contribution >= 0.6 is 22.6 Å². The molecule has 2 N–H and O–H groups in total. The summed E-state index contributed by atoms with van der Waals surface area (Å²) in [5.41, 5.74) is 1.98. The van der Waals surface area contributed by atoms with Crippen molar-refractivity contribution in [3.8, 4) is 5.75 Å². The summed E-state index contributed by atoms with van der Waals surface area (Å²) in [4.78, 5) is 66.6. The van der Waals surface area contributed by atoms with Gasteiger partial charge in [-0.05, 0) is 40.8 Å². The van der Waals surface area contributed by atoms with Crippen LogP contribution in [0.15, 0.2) is 54.8 Å². The van der Waals surface area contributed by atoms with Crippen LogP contribution in [0.4, 0.5) is 0 Å². The van der Waals surface area contributed by atoms with E-state index >= 15 is 0 Å². The molecule has 0 aromatic heterocycles. The van der Waals surface area contributed by atoms with Crippen LogP contribution in [-0.4, -0.2) is 109 Å². The molecule has 5 aliphatic rings. The van der Waals surface area contributed by atoms with Crippen molar-refractivity contribution in [3.63, 3.8) is 0 Å². The number of amides is 1. The van der Waals surface area contributed by atoms with Crippen LogP contribution in [0.25, 0.3) is 0 Å². The summed E-state index contributed by atoms with van der Waals surface area (Å²) in [5.74, 6) is 1.97. The average Bonchev–Trinajstić information content (AvgIpc) is 3.31. The fourth-order valence-corrected chi connectivity index (χ4v) is 8.17. The topological polar surface area (TPSA) is 144 Å². The molecule has 4 atom stereocenters. The second-order valence-electron chi connectivity index (χ2n) is 12.9. The first-order valence-corrected chi connectivity index (χ1v) is 16.9. The van der Waals surface area contributed by atoms with Gasteiger partial charge in [0.1, 0.15) is 77.1 Å². The lowest BCUT2D eigenvalue weighted by Crippen LogP contribution is -2.75. The first-order valence-electron chi connectivity index (χ1n) is 15.8. The quantitative estimate of drug-likeness (QED) is 0.0412. The second kappa shape index (κ2) is 14.4. The zero-order chi connectivity index (χ0) is 33.9. The molecule has 47 heavy (non-hydrogen) atoms. The number of benzene rings is 1. The Labute approximate surface area is 288 Å². The first-order chi connectivity index (χ1) is 22.5. The average molecular weight is 767 g/mol. The molecule has 0 aliphatic carbocycles. The number of nitrogens with two attached hydrogens (primary N) is 1. The van der Waals surface area contributed by atoms with Gasteiger partial charge in [0.05, 0.1) is 21.4 Å². The van der Waals surface area contributed by atoms with E-state index in [1.54, 1.807) is 6.92 Å². The fourth-order valence-electron chi connectivity index (χ4n) is 7.44. The van der Waals surface area contributed by atoms with E-state index in [2.05, 4.69) is 52.7 Å². The largest absolute Gasteiger partial charge is 0.488 e. The van der Waals surface area contributed by atoms with Gasteiger partial charge in [0, 0.05) is 17.1 Å². The smallest absolute Gasteiger partial charge is 0.380 e. The van der Waals surface area contributed by atoms with Crippen LogP contribution in [0.2, 0.25) is 0 Å². The van der Waals surface area contributed by atoms with Crippen LogP contribution < -0.4 is 10.6 Å². The van der Waals surface area contributed by atoms with E-state index in [1.807, 2.05) is 13.0 Å². The van der Waals surface area contributed by atoms with E-state index in [4.69, 9.17) is 25.1 Å². The Morgan fingerprint density at radius 3 is 2.36 bits per heavy atom. The third-order valence-electron chi connectivity index (χ3n) is 10.2. The highest BCUT2D eigenvalue weighted by Crippen LogP contribution is 2.49. The second-order valence-corrected chi connectivity index (χ2v) is 14.1. The molecule has 5 aliphatic heterocycles. The number of β-lactam (4-membered cyclic amide) rings is 1. The van der Waals surface area contributed by atoms with Crippen molar-refractivity contribution in [3.05, 3.63) is 63.9 Å². The third-order valence-corrected chi connectivity index (χ3v) is 11.0. The molecule has 0 spiro atoms. The molecule has 5 heterocycles. The molecular weight excluding hydrogens is 723 g/mol. The molecule has 3 unspecified atom stereocenters. The monoisotopic (exact) mass is 766 g/mol. The van der Waals surface area contributed by atoms with Crippen molar-refractivity contribution < 1.29 is 52.2 Å². The van der Waals surface area contributed by atoms with E-state index in [0.29, 0.717) is 17.9 Å². The summed E-state index contributed by atoms with van der Waals surface area (Å²) in [6.45, 7) is 17.7. The standard InChI is InChI=1S/C33H43IN4O9/c1-5-15-43-33(42)30-24(21(3)29-28(31(40)36(29)30)22(4)32(41)47-45-16-6-2)20-44-26-8-7-23(17-25(26)34)18-37-9-12-38(13-10-37,14-11-37)19-27(39)46-35/h5-8,17,21-22,28-29H,1-2,9-16,18-20,35H2,3-4H3/q+2/t21-,22?,28?,29?,37?,38?/m0/s1. The summed E-state index contributed by atoms with van der Waals surface area (Å²) < 4.78 is 14.3. The van der Waals surface area contributed by atoms with Crippen LogP contribution in [0.1, 0.15) is 19.4 Å². The van der Waals surface area contributed by atoms with Crippen LogP contribution in [0.5, 0.6) is 5.75 Å². The summed E-state index contributed by atoms with van der Waals surface area (Å²) >= 11 is 2.26. The van der Waals surface area contributed by atoms with Crippen LogP contribution in [-0.2, 0) is 45.1 Å². The molecule has 2 bridgehead atoms. The Hall–Kier alpha value is -3.31. The van der Waals surface area contributed by atoms with Gasteiger partial charge in [0.15, 0.2) is 6.54 Å². The van der Waals surface area contributed by atoms with Gasteiger partial charge in [-0.2, -0.15) is 10.8 Å². The number of quaternary nitrogens is 2. The number of hydrogen-bond donors (Lipinski definition) is 1. The van der Waals surface area contributed by atoms with Crippen LogP contribution in [0.3, 0.4) is 0 Å². The van der Waals surface area contributed by atoms with Gasteiger partial charge in [-0.25, -0.2) is 14.4 Å². The minimum Gasteiger partial charge on any atom is -0.488 e. The highest BCUT2D eigenvalue weighted by molar-refractivity contribution is 14.1. The van der Waals surface area contributed by atoms with E-state index in [0.717, 1.165) is 58.3 Å². The minimum absolute atomic E-state index is 0.00997. The predicted octanol–water partition coefficient (Wildman–Crippen LogP) is 2.00. The van der Waals surface area contributed by atoms with Crippen molar-refractivity contribution in [2.24, 2.45) is 23.7 Å². The number of carbonyl (C=O) groups excluding carboxylic acids is 4. The Kier molecular flexibility index (Phi) is 10.8. The van der Waals surface area contributed by atoms with Crippen molar-refractivity contribution >= 4 is 46.4 Å².